The van der Waals surface area contributed by atoms with Crippen molar-refractivity contribution in [2.75, 3.05) is 13.2 Å². The van der Waals surface area contributed by atoms with Crippen LogP contribution >= 0.6 is 0 Å². The van der Waals surface area contributed by atoms with Crippen molar-refractivity contribution in [2.24, 2.45) is 0 Å². The molecule has 0 spiro atoms. The van der Waals surface area contributed by atoms with Crippen molar-refractivity contribution < 1.29 is 28.6 Å². The molecular weight excluding hydrogens is 961 g/mol. The van der Waals surface area contributed by atoms with E-state index in [4.69, 9.17) is 14.2 Å². The molecule has 0 aromatic heterocycles. The summed E-state index contributed by atoms with van der Waals surface area (Å²) in [5.74, 6) is -0.870. The molecule has 0 aliphatic rings. The summed E-state index contributed by atoms with van der Waals surface area (Å²) in [7, 11) is 0. The third-order valence-electron chi connectivity index (χ3n) is 14.6. The first-order valence-electron chi connectivity index (χ1n) is 33.6. The van der Waals surface area contributed by atoms with Crippen LogP contribution in [0.3, 0.4) is 0 Å². The van der Waals surface area contributed by atoms with Gasteiger partial charge in [0.1, 0.15) is 13.2 Å². The van der Waals surface area contributed by atoms with Gasteiger partial charge in [0, 0.05) is 19.3 Å². The fraction of sp³-hybridized carbons (Fsp3) is 0.764. The van der Waals surface area contributed by atoms with Crippen molar-refractivity contribution in [1.82, 2.24) is 0 Å². The van der Waals surface area contributed by atoms with Crippen molar-refractivity contribution in [1.29, 1.82) is 0 Å². The van der Waals surface area contributed by atoms with Crippen LogP contribution in [0.4, 0.5) is 0 Å². The number of carbonyl (C=O) groups is 3. The topological polar surface area (TPSA) is 78.9 Å². The number of esters is 3. The normalized spacial score (nSPS) is 12.6. The van der Waals surface area contributed by atoms with E-state index in [1.54, 1.807) is 0 Å². The molecule has 0 aromatic carbocycles. The molecule has 6 heteroatoms. The Morgan fingerprint density at radius 3 is 0.846 bits per heavy atom. The molecule has 0 heterocycles. The van der Waals surface area contributed by atoms with Crippen LogP contribution in [0.2, 0.25) is 0 Å². The van der Waals surface area contributed by atoms with Crippen LogP contribution in [0, 0.1) is 0 Å². The molecule has 0 radical (unpaired) electrons. The molecular formula is C72H126O6. The Hall–Kier alpha value is -3.41. The number of allylic oxidation sites excluding steroid dienone is 14. The standard InChI is InChI=1S/C72H126O6/c1-4-7-10-13-16-19-22-24-26-28-29-30-31-32-33-34-35-36-37-38-39-40-41-42-43-45-46-48-50-53-56-59-62-65-71(74)77-68-69(67-76-70(73)64-61-58-55-52-21-18-15-12-9-6-3)78-72(75)66-63-60-57-54-51-49-47-44-27-25-23-20-17-14-11-8-5-2/h7,10,12,15-16,19,24,26,29-30,32-33,35-36,69H,4-6,8-9,11,13-14,17-18,20-23,25,27-28,31,34,37-68H2,1-3H3/b10-7-,15-12-,19-16-,26-24-,30-29-,33-32-,36-35-. The molecule has 0 amide bonds. The predicted octanol–water partition coefficient (Wildman–Crippen LogP) is 23.1. The van der Waals surface area contributed by atoms with Gasteiger partial charge in [-0.3, -0.25) is 14.4 Å². The molecule has 0 aromatic rings. The zero-order valence-electron chi connectivity index (χ0n) is 51.7. The summed E-state index contributed by atoms with van der Waals surface area (Å²) in [5, 5.41) is 0. The van der Waals surface area contributed by atoms with Crippen molar-refractivity contribution in [3.05, 3.63) is 85.1 Å². The van der Waals surface area contributed by atoms with Gasteiger partial charge in [-0.05, 0) is 89.9 Å². The summed E-state index contributed by atoms with van der Waals surface area (Å²) in [5.41, 5.74) is 0. The minimum absolute atomic E-state index is 0.0747. The molecule has 0 rings (SSSR count). The van der Waals surface area contributed by atoms with Gasteiger partial charge in [0.05, 0.1) is 0 Å². The van der Waals surface area contributed by atoms with Crippen molar-refractivity contribution in [3.8, 4) is 0 Å². The third kappa shape index (κ3) is 63.4. The Labute approximate surface area is 484 Å². The van der Waals surface area contributed by atoms with E-state index >= 15 is 0 Å². The number of carbonyl (C=O) groups excluding carboxylic acids is 3. The highest BCUT2D eigenvalue weighted by atomic mass is 16.6. The summed E-state index contributed by atoms with van der Waals surface area (Å²) in [6, 6.07) is 0. The SMILES string of the molecule is CC/C=C\C/C=C\C/C=C\C/C=C\C/C=C\C/C=C\CCCCCCCCCCCCCCCCC(=O)OCC(COC(=O)CCCCCCC/C=C\CCC)OC(=O)CCCCCCCCCCCCCCCCCCC. The first-order valence-corrected chi connectivity index (χ1v) is 33.6. The summed E-state index contributed by atoms with van der Waals surface area (Å²) in [6.45, 7) is 6.50. The highest BCUT2D eigenvalue weighted by Crippen LogP contribution is 2.17. The second-order valence-corrected chi connectivity index (χ2v) is 22.4. The van der Waals surface area contributed by atoms with E-state index < -0.39 is 6.10 Å². The lowest BCUT2D eigenvalue weighted by Gasteiger charge is -2.18. The van der Waals surface area contributed by atoms with Gasteiger partial charge in [0.2, 0.25) is 0 Å². The number of unbranched alkanes of at least 4 members (excludes halogenated alkanes) is 36. The van der Waals surface area contributed by atoms with Crippen molar-refractivity contribution in [2.45, 2.75) is 341 Å². The Morgan fingerprint density at radius 2 is 0.526 bits per heavy atom. The smallest absolute Gasteiger partial charge is 0.306 e. The van der Waals surface area contributed by atoms with Gasteiger partial charge in [-0.25, -0.2) is 0 Å². The lowest BCUT2D eigenvalue weighted by molar-refractivity contribution is -0.167. The first kappa shape index (κ1) is 74.6. The quantitative estimate of drug-likeness (QED) is 0.0261. The summed E-state index contributed by atoms with van der Waals surface area (Å²) >= 11 is 0. The molecule has 0 aliphatic heterocycles. The number of hydrogen-bond acceptors (Lipinski definition) is 6. The molecule has 0 saturated carbocycles. The Morgan fingerprint density at radius 1 is 0.269 bits per heavy atom. The first-order chi connectivity index (χ1) is 38.5. The van der Waals surface area contributed by atoms with Gasteiger partial charge < -0.3 is 14.2 Å². The maximum atomic E-state index is 12.9. The molecule has 6 nitrogen and oxygen atoms in total. The molecule has 450 valence electrons. The monoisotopic (exact) mass is 1090 g/mol. The summed E-state index contributed by atoms with van der Waals surface area (Å²) in [4.78, 5) is 38.2. The maximum absolute atomic E-state index is 12.9. The van der Waals surface area contributed by atoms with Crippen LogP contribution in [0.1, 0.15) is 335 Å². The Bertz CT molecular complexity index is 1480. The molecule has 78 heavy (non-hydrogen) atoms. The fourth-order valence-corrected chi connectivity index (χ4v) is 9.63. The highest BCUT2D eigenvalue weighted by molar-refractivity contribution is 5.71. The van der Waals surface area contributed by atoms with E-state index in [0.717, 1.165) is 109 Å². The van der Waals surface area contributed by atoms with Crippen LogP contribution in [0.5, 0.6) is 0 Å². The van der Waals surface area contributed by atoms with Crippen LogP contribution < -0.4 is 0 Å². The average molecular weight is 1090 g/mol. The number of hydrogen-bond donors (Lipinski definition) is 0. The number of ether oxygens (including phenoxy) is 3. The van der Waals surface area contributed by atoms with E-state index in [9.17, 15) is 14.4 Å². The van der Waals surface area contributed by atoms with Crippen LogP contribution in [0.25, 0.3) is 0 Å². The minimum atomic E-state index is -0.776. The largest absolute Gasteiger partial charge is 0.462 e. The maximum Gasteiger partial charge on any atom is 0.306 e. The second-order valence-electron chi connectivity index (χ2n) is 22.4. The lowest BCUT2D eigenvalue weighted by atomic mass is 10.0. The zero-order valence-corrected chi connectivity index (χ0v) is 51.7. The average Bonchev–Trinajstić information content (AvgIpc) is 3.44. The van der Waals surface area contributed by atoms with Gasteiger partial charge in [0.15, 0.2) is 6.10 Å². The van der Waals surface area contributed by atoms with Gasteiger partial charge >= 0.3 is 17.9 Å². The van der Waals surface area contributed by atoms with E-state index in [1.807, 2.05) is 0 Å². The van der Waals surface area contributed by atoms with Crippen LogP contribution in [-0.4, -0.2) is 37.2 Å². The minimum Gasteiger partial charge on any atom is -0.462 e. The van der Waals surface area contributed by atoms with Crippen molar-refractivity contribution in [3.63, 3.8) is 0 Å². The van der Waals surface area contributed by atoms with Crippen LogP contribution in [0.15, 0.2) is 85.1 Å². The molecule has 0 aliphatic carbocycles. The second kappa shape index (κ2) is 66.1. The number of rotatable bonds is 61. The lowest BCUT2D eigenvalue weighted by Crippen LogP contribution is -2.30. The molecule has 0 saturated heterocycles. The molecule has 0 fully saturated rings. The fourth-order valence-electron chi connectivity index (χ4n) is 9.63. The van der Waals surface area contributed by atoms with Crippen molar-refractivity contribution >= 4 is 17.9 Å². The van der Waals surface area contributed by atoms with Gasteiger partial charge in [0.25, 0.3) is 0 Å². The Balaban J connectivity index is 4.12. The van der Waals surface area contributed by atoms with Gasteiger partial charge in [-0.2, -0.15) is 0 Å². The molecule has 1 atom stereocenters. The van der Waals surface area contributed by atoms with E-state index in [-0.39, 0.29) is 31.1 Å². The van der Waals surface area contributed by atoms with E-state index in [0.29, 0.717) is 19.3 Å². The van der Waals surface area contributed by atoms with Gasteiger partial charge in [-0.1, -0.05) is 311 Å². The molecule has 0 N–H and O–H groups in total. The molecule has 0 bridgehead atoms. The van der Waals surface area contributed by atoms with Crippen LogP contribution in [-0.2, 0) is 28.6 Å². The summed E-state index contributed by atoms with van der Waals surface area (Å²) in [6.07, 6.45) is 87.6. The zero-order chi connectivity index (χ0) is 56.4. The molecule has 1 unspecified atom stereocenters. The van der Waals surface area contributed by atoms with E-state index in [2.05, 4.69) is 106 Å². The van der Waals surface area contributed by atoms with E-state index in [1.165, 1.54) is 186 Å². The third-order valence-corrected chi connectivity index (χ3v) is 14.6. The Kier molecular flexibility index (Phi) is 63.2. The highest BCUT2D eigenvalue weighted by Gasteiger charge is 2.19. The summed E-state index contributed by atoms with van der Waals surface area (Å²) < 4.78 is 16.9. The van der Waals surface area contributed by atoms with Gasteiger partial charge in [-0.15, -0.1) is 0 Å². The predicted molar refractivity (Wildman–Crippen MR) is 339 cm³/mol.